The fourth-order valence-corrected chi connectivity index (χ4v) is 4.67. The minimum Gasteiger partial charge on any atom is -0.394 e. The molecule has 2 amide bonds. The number of nitrogens with two attached hydrogens (primary N) is 1. The number of aliphatic hydroxyl groups excluding tert-OH is 1. The van der Waals surface area contributed by atoms with Crippen LogP contribution in [0.1, 0.15) is 52.1 Å². The summed E-state index contributed by atoms with van der Waals surface area (Å²) in [6.45, 7) is 8.02. The number of aromatic nitrogens is 2. The van der Waals surface area contributed by atoms with Gasteiger partial charge in [-0.05, 0) is 18.4 Å². The molecule has 2 heterocycles. The van der Waals surface area contributed by atoms with Gasteiger partial charge in [-0.15, -0.1) is 0 Å². The average Bonchev–Trinajstić information content (AvgIpc) is 3.40. The van der Waals surface area contributed by atoms with Crippen LogP contribution in [-0.2, 0) is 9.59 Å². The number of hydrazone groups is 1. The van der Waals surface area contributed by atoms with Crippen LogP contribution < -0.4 is 16.2 Å². The Kier molecular flexibility index (Phi) is 10.3. The zero-order valence-corrected chi connectivity index (χ0v) is 23.0. The molecule has 0 bridgehead atoms. The van der Waals surface area contributed by atoms with Gasteiger partial charge >= 0.3 is 0 Å². The van der Waals surface area contributed by atoms with E-state index in [0.717, 1.165) is 17.5 Å². The summed E-state index contributed by atoms with van der Waals surface area (Å²) in [5.41, 5.74) is 2.77. The summed E-state index contributed by atoms with van der Waals surface area (Å²) in [4.78, 5) is 39.7. The van der Waals surface area contributed by atoms with Crippen LogP contribution in [-0.4, -0.2) is 69.0 Å². The molecule has 204 valence electrons. The molecule has 0 aliphatic carbocycles. The minimum atomic E-state index is -0.628. The Morgan fingerprint density at radius 2 is 2.00 bits per heavy atom. The molecule has 0 unspecified atom stereocenters. The Morgan fingerprint density at radius 1 is 1.29 bits per heavy atom. The first kappa shape index (κ1) is 29.2. The molecule has 3 rings (SSSR count). The summed E-state index contributed by atoms with van der Waals surface area (Å²) in [5, 5.41) is 17.2. The van der Waals surface area contributed by atoms with E-state index in [4.69, 9.17) is 17.4 Å². The molecule has 11 heteroatoms. The van der Waals surface area contributed by atoms with Crippen molar-refractivity contribution in [3.63, 3.8) is 0 Å². The molecule has 38 heavy (non-hydrogen) atoms. The van der Waals surface area contributed by atoms with Crippen LogP contribution in [0.15, 0.2) is 41.9 Å². The van der Waals surface area contributed by atoms with Gasteiger partial charge in [-0.25, -0.2) is 15.0 Å². The number of rotatable bonds is 10. The predicted octanol–water partition coefficient (Wildman–Crippen LogP) is 1.08. The lowest BCUT2D eigenvalue weighted by Gasteiger charge is -2.27. The number of likely N-dealkylation sites (tertiary alicyclic amines) is 1. The number of hydrogen-bond donors (Lipinski definition) is 4. The summed E-state index contributed by atoms with van der Waals surface area (Å²) >= 11 is 6.20. The normalized spacial score (nSPS) is 17.8. The van der Waals surface area contributed by atoms with Crippen molar-refractivity contribution < 1.29 is 19.7 Å². The van der Waals surface area contributed by atoms with Crippen LogP contribution in [0.4, 0.5) is 0 Å². The first-order valence-corrected chi connectivity index (χ1v) is 13.2. The highest BCUT2D eigenvalue weighted by atomic mass is 35.5. The van der Waals surface area contributed by atoms with E-state index in [2.05, 4.69) is 25.4 Å². The maximum Gasteiger partial charge on any atom is 0.292 e. The van der Waals surface area contributed by atoms with Gasteiger partial charge in [0.1, 0.15) is 18.1 Å². The molecule has 0 radical (unpaired) electrons. The summed E-state index contributed by atoms with van der Waals surface area (Å²) in [6, 6.07) is 5.50. The topological polar surface area (TPSA) is 148 Å². The van der Waals surface area contributed by atoms with Gasteiger partial charge in [0.05, 0.1) is 23.4 Å². The van der Waals surface area contributed by atoms with Gasteiger partial charge in [0.25, 0.3) is 5.91 Å². The minimum absolute atomic E-state index is 0.0265. The summed E-state index contributed by atoms with van der Waals surface area (Å²) in [5.74, 6) is 5.11. The Hall–Kier alpha value is -3.37. The largest absolute Gasteiger partial charge is 0.394 e. The van der Waals surface area contributed by atoms with Crippen molar-refractivity contribution >= 4 is 35.3 Å². The fraction of sp³-hybridized carbons (Fsp3) is 0.481. The molecule has 10 nitrogen and oxygen atoms in total. The fourth-order valence-electron chi connectivity index (χ4n) is 4.46. The van der Waals surface area contributed by atoms with Crippen molar-refractivity contribution in [1.29, 1.82) is 0 Å². The number of hydrogen-bond acceptors (Lipinski definition) is 7. The van der Waals surface area contributed by atoms with E-state index in [1.54, 1.807) is 11.1 Å². The van der Waals surface area contributed by atoms with Crippen LogP contribution >= 0.6 is 11.6 Å². The van der Waals surface area contributed by atoms with E-state index in [9.17, 15) is 14.7 Å². The summed E-state index contributed by atoms with van der Waals surface area (Å²) in [7, 11) is 0. The summed E-state index contributed by atoms with van der Waals surface area (Å²) < 4.78 is 0. The van der Waals surface area contributed by atoms with Crippen molar-refractivity contribution in [3.05, 3.63) is 47.4 Å². The Labute approximate surface area is 228 Å². The monoisotopic (exact) mass is 542 g/mol. The average molecular weight is 543 g/mol. The summed E-state index contributed by atoms with van der Waals surface area (Å²) in [6.07, 6.45) is 5.90. The third-order valence-corrected chi connectivity index (χ3v) is 6.95. The number of nitrogens with one attached hydrogen (secondary N) is 2. The van der Waals surface area contributed by atoms with E-state index in [0.29, 0.717) is 29.4 Å². The number of nitrogens with zero attached hydrogens (tertiary/aromatic N) is 4. The number of carbonyl (C=O) groups is 2. The Bertz CT molecular complexity index is 1170. The molecule has 1 aliphatic heterocycles. The van der Waals surface area contributed by atoms with E-state index < -0.39 is 18.1 Å². The number of amides is 2. The number of benzene rings is 1. The maximum absolute atomic E-state index is 13.5. The lowest BCUT2D eigenvalue weighted by atomic mass is 10.0. The number of aliphatic hydroxyl groups is 1. The molecule has 5 N–H and O–H groups in total. The van der Waals surface area contributed by atoms with Gasteiger partial charge in [0.15, 0.2) is 6.21 Å². The van der Waals surface area contributed by atoms with Crippen molar-refractivity contribution in [2.45, 2.75) is 58.7 Å². The Balaban J connectivity index is 1.73. The van der Waals surface area contributed by atoms with Gasteiger partial charge in [0, 0.05) is 30.1 Å². The molecule has 1 fully saturated rings. The molecule has 1 saturated heterocycles. The SMILES string of the molecule is CC(C)/C(C=[NH+][C@H](C(=O)N1CCC[C@H]1C(=O)N[C@@H](CO)c1ccc(-c2ncncc2Cl)cc1)C(C)C)=N/N. The molecule has 0 spiro atoms. The van der Waals surface area contributed by atoms with Gasteiger partial charge in [-0.3, -0.25) is 9.59 Å². The molecule has 1 aromatic carbocycles. The van der Waals surface area contributed by atoms with E-state index in [1.807, 2.05) is 52.0 Å². The maximum atomic E-state index is 13.5. The van der Waals surface area contributed by atoms with E-state index in [-0.39, 0.29) is 30.3 Å². The van der Waals surface area contributed by atoms with Gasteiger partial charge < -0.3 is 21.2 Å². The van der Waals surface area contributed by atoms with E-state index in [1.165, 1.54) is 12.5 Å². The highest BCUT2D eigenvalue weighted by Crippen LogP contribution is 2.26. The molecular formula is C27H37ClN7O3+. The van der Waals surface area contributed by atoms with Crippen LogP contribution in [0.25, 0.3) is 11.3 Å². The molecule has 1 aliphatic rings. The second kappa shape index (κ2) is 13.4. The van der Waals surface area contributed by atoms with Crippen molar-refractivity contribution in [2.75, 3.05) is 13.2 Å². The first-order chi connectivity index (χ1) is 18.2. The third-order valence-electron chi connectivity index (χ3n) is 6.68. The van der Waals surface area contributed by atoms with Gasteiger partial charge in [-0.1, -0.05) is 63.6 Å². The predicted molar refractivity (Wildman–Crippen MR) is 147 cm³/mol. The second-order valence-corrected chi connectivity index (χ2v) is 10.4. The molecule has 3 atom stereocenters. The first-order valence-electron chi connectivity index (χ1n) is 12.8. The quantitative estimate of drug-likeness (QED) is 0.201. The zero-order valence-electron chi connectivity index (χ0n) is 22.3. The number of carbonyl (C=O) groups excluding carboxylic acids is 2. The molecule has 2 aromatic rings. The highest BCUT2D eigenvalue weighted by Gasteiger charge is 2.40. The number of halogens is 1. The van der Waals surface area contributed by atoms with Crippen molar-refractivity contribution in [2.24, 2.45) is 22.8 Å². The van der Waals surface area contributed by atoms with Gasteiger partial charge in [0.2, 0.25) is 11.9 Å². The van der Waals surface area contributed by atoms with Crippen molar-refractivity contribution in [1.82, 2.24) is 20.2 Å². The van der Waals surface area contributed by atoms with Crippen LogP contribution in [0.2, 0.25) is 5.02 Å². The molecule has 0 saturated carbocycles. The van der Waals surface area contributed by atoms with E-state index >= 15 is 0 Å². The standard InChI is InChI=1S/C27H36ClN7O3/c1-16(2)21(34-29)13-31-24(17(3)4)27(38)35-11-5-6-23(35)26(37)33-22(14-36)18-7-9-19(10-8-18)25-20(28)12-30-15-32-25/h7-10,12-13,15-17,22-24,36H,5-6,11,14,29H2,1-4H3,(H,33,37)/p+1/b31-13?,34-21+/t22-,23-,24-/m0/s1. The lowest BCUT2D eigenvalue weighted by molar-refractivity contribution is -0.491. The van der Waals surface area contributed by atoms with Gasteiger partial charge in [-0.2, -0.15) is 5.10 Å². The third kappa shape index (κ3) is 6.93. The zero-order chi connectivity index (χ0) is 27.8. The smallest absolute Gasteiger partial charge is 0.292 e. The Morgan fingerprint density at radius 3 is 2.58 bits per heavy atom. The highest BCUT2D eigenvalue weighted by molar-refractivity contribution is 6.32. The van der Waals surface area contributed by atoms with Crippen LogP contribution in [0.5, 0.6) is 0 Å². The molecular weight excluding hydrogens is 506 g/mol. The second-order valence-electron chi connectivity index (χ2n) is 10.0. The van der Waals surface area contributed by atoms with Crippen molar-refractivity contribution in [3.8, 4) is 11.3 Å². The van der Waals surface area contributed by atoms with Crippen LogP contribution in [0, 0.1) is 11.8 Å². The van der Waals surface area contributed by atoms with Crippen LogP contribution in [0.3, 0.4) is 0 Å². The molecule has 1 aromatic heterocycles. The lowest BCUT2D eigenvalue weighted by Crippen LogP contribution is -2.83.